The van der Waals surface area contributed by atoms with Crippen LogP contribution >= 0.6 is 39.1 Å². The summed E-state index contributed by atoms with van der Waals surface area (Å²) in [4.78, 5) is 28.7. The molecule has 3 aromatic carbocycles. The molecule has 12 heteroatoms. The number of amides is 2. The number of methoxy groups -OCH3 is 1. The zero-order valence-electron chi connectivity index (χ0n) is 24.0. The third-order valence-electron chi connectivity index (χ3n) is 6.48. The van der Waals surface area contributed by atoms with Crippen LogP contribution in [0.25, 0.3) is 0 Å². The van der Waals surface area contributed by atoms with Gasteiger partial charge < -0.3 is 15.0 Å². The lowest BCUT2D eigenvalue weighted by Gasteiger charge is -2.33. The number of benzene rings is 3. The summed E-state index contributed by atoms with van der Waals surface area (Å²) in [5.41, 5.74) is 1.78. The van der Waals surface area contributed by atoms with Gasteiger partial charge in [-0.2, -0.15) is 0 Å². The van der Waals surface area contributed by atoms with E-state index in [0.717, 1.165) is 9.87 Å². The molecule has 0 aliphatic rings. The highest BCUT2D eigenvalue weighted by molar-refractivity contribution is 9.10. The summed E-state index contributed by atoms with van der Waals surface area (Å²) < 4.78 is 34.9. The monoisotopic (exact) mass is 697 g/mol. The molecule has 1 N–H and O–H groups in total. The van der Waals surface area contributed by atoms with E-state index in [1.165, 1.54) is 30.2 Å². The molecule has 1 atom stereocenters. The van der Waals surface area contributed by atoms with Crippen molar-refractivity contribution in [1.29, 1.82) is 0 Å². The fourth-order valence-corrected chi connectivity index (χ4v) is 6.91. The van der Waals surface area contributed by atoms with E-state index in [4.69, 9.17) is 27.9 Å². The minimum Gasteiger partial charge on any atom is -0.496 e. The Kier molecular flexibility index (Phi) is 11.7. The Balaban J connectivity index is 2.10. The van der Waals surface area contributed by atoms with E-state index in [2.05, 4.69) is 21.2 Å². The van der Waals surface area contributed by atoms with Gasteiger partial charge in [0.15, 0.2) is 0 Å². The molecular formula is C30H34BrCl2N3O5S. The maximum Gasteiger partial charge on any atom is 0.264 e. The fraction of sp³-hybridized carbons (Fsp3) is 0.333. The van der Waals surface area contributed by atoms with Gasteiger partial charge in [-0.15, -0.1) is 0 Å². The second-order valence-corrected chi connectivity index (χ2v) is 13.5. The molecule has 42 heavy (non-hydrogen) atoms. The largest absolute Gasteiger partial charge is 0.496 e. The second kappa shape index (κ2) is 14.6. The predicted molar refractivity (Wildman–Crippen MR) is 171 cm³/mol. The van der Waals surface area contributed by atoms with Gasteiger partial charge in [-0.25, -0.2) is 8.42 Å². The SMILES string of the molecule is CC[C@@H](C(=O)NC(C)C)N(Cc1ccc(Cl)cc1Cl)C(=O)CN(c1ccc(C)cc1)S(=O)(=O)c1ccc(OC)c(Br)c1. The lowest BCUT2D eigenvalue weighted by molar-refractivity contribution is -0.140. The molecule has 2 amide bonds. The van der Waals surface area contributed by atoms with Gasteiger partial charge in [-0.3, -0.25) is 13.9 Å². The highest BCUT2D eigenvalue weighted by Gasteiger charge is 2.34. The van der Waals surface area contributed by atoms with E-state index in [9.17, 15) is 18.0 Å². The standard InChI is InChI=1S/C30H34BrCl2N3O5S/c1-6-27(30(38)34-19(2)3)35(17-21-9-10-22(32)15-26(21)33)29(37)18-36(23-11-7-20(4)8-12-23)42(39,40)24-13-14-28(41-5)25(31)16-24/h7-16,19,27H,6,17-18H2,1-5H3,(H,34,38)/t27-/m0/s1. The van der Waals surface area contributed by atoms with Gasteiger partial charge >= 0.3 is 0 Å². The summed E-state index contributed by atoms with van der Waals surface area (Å²) in [6, 6.07) is 15.0. The third-order valence-corrected chi connectivity index (χ3v) is 9.46. The van der Waals surface area contributed by atoms with Crippen LogP contribution in [0.2, 0.25) is 10.0 Å². The molecule has 0 aliphatic heterocycles. The molecule has 3 aromatic rings. The van der Waals surface area contributed by atoms with Crippen LogP contribution in [-0.4, -0.2) is 50.9 Å². The summed E-state index contributed by atoms with van der Waals surface area (Å²) in [6.45, 7) is 6.72. The summed E-state index contributed by atoms with van der Waals surface area (Å²) in [5.74, 6) is -0.474. The first kappa shape index (κ1) is 33.7. The lowest BCUT2D eigenvalue weighted by Crippen LogP contribution is -2.53. The van der Waals surface area contributed by atoms with Gasteiger partial charge in [0.1, 0.15) is 18.3 Å². The number of carbonyl (C=O) groups is 2. The number of carbonyl (C=O) groups excluding carboxylic acids is 2. The van der Waals surface area contributed by atoms with E-state index in [1.54, 1.807) is 49.4 Å². The number of aryl methyl sites for hydroxylation is 1. The first-order chi connectivity index (χ1) is 19.8. The van der Waals surface area contributed by atoms with E-state index < -0.39 is 28.5 Å². The number of hydrogen-bond donors (Lipinski definition) is 1. The Morgan fingerprint density at radius 2 is 1.69 bits per heavy atom. The molecule has 0 fully saturated rings. The minimum absolute atomic E-state index is 0.0330. The van der Waals surface area contributed by atoms with Crippen molar-refractivity contribution >= 4 is 66.7 Å². The highest BCUT2D eigenvalue weighted by atomic mass is 79.9. The molecule has 226 valence electrons. The van der Waals surface area contributed by atoms with E-state index in [-0.39, 0.29) is 29.8 Å². The molecule has 0 spiro atoms. The van der Waals surface area contributed by atoms with Crippen LogP contribution in [0, 0.1) is 6.92 Å². The molecule has 3 rings (SSSR count). The van der Waals surface area contributed by atoms with Crippen molar-refractivity contribution in [1.82, 2.24) is 10.2 Å². The van der Waals surface area contributed by atoms with Crippen molar-refractivity contribution < 1.29 is 22.7 Å². The fourth-order valence-electron chi connectivity index (χ4n) is 4.31. The molecule has 0 saturated carbocycles. The minimum atomic E-state index is -4.25. The zero-order valence-corrected chi connectivity index (χ0v) is 27.9. The van der Waals surface area contributed by atoms with Gasteiger partial charge in [0.2, 0.25) is 11.8 Å². The Hall–Kier alpha value is -2.79. The topological polar surface area (TPSA) is 96.0 Å². The summed E-state index contributed by atoms with van der Waals surface area (Å²) in [6.07, 6.45) is 0.290. The van der Waals surface area contributed by atoms with E-state index in [0.29, 0.717) is 31.5 Å². The Labute approximate surface area is 266 Å². The summed E-state index contributed by atoms with van der Waals surface area (Å²) in [5, 5.41) is 3.62. The normalized spacial score (nSPS) is 12.1. The average molecular weight is 699 g/mol. The van der Waals surface area contributed by atoms with Gasteiger partial charge in [-0.05, 0) is 91.1 Å². The molecule has 0 saturated heterocycles. The van der Waals surface area contributed by atoms with Crippen molar-refractivity contribution in [3.8, 4) is 5.75 Å². The molecule has 0 aromatic heterocycles. The van der Waals surface area contributed by atoms with Crippen molar-refractivity contribution in [2.45, 2.75) is 57.6 Å². The molecule has 8 nitrogen and oxygen atoms in total. The number of rotatable bonds is 12. The molecule has 0 aliphatic carbocycles. The molecule has 0 heterocycles. The number of halogens is 3. The number of nitrogens with one attached hydrogen (secondary N) is 1. The lowest BCUT2D eigenvalue weighted by atomic mass is 10.1. The number of nitrogens with zero attached hydrogens (tertiary/aromatic N) is 2. The zero-order chi connectivity index (χ0) is 31.2. The van der Waals surface area contributed by atoms with Crippen molar-refractivity contribution in [3.05, 3.63) is 86.3 Å². The molecular weight excluding hydrogens is 665 g/mol. The Bertz CT molecular complexity index is 1530. The first-order valence-electron chi connectivity index (χ1n) is 13.2. The molecule has 0 bridgehead atoms. The van der Waals surface area contributed by atoms with Crippen molar-refractivity contribution in [2.24, 2.45) is 0 Å². The van der Waals surface area contributed by atoms with Crippen LogP contribution in [0.4, 0.5) is 5.69 Å². The van der Waals surface area contributed by atoms with Crippen LogP contribution in [0.15, 0.2) is 70.0 Å². The molecule has 0 unspecified atom stereocenters. The predicted octanol–water partition coefficient (Wildman–Crippen LogP) is 6.60. The van der Waals surface area contributed by atoms with Crippen molar-refractivity contribution in [2.75, 3.05) is 18.0 Å². The maximum absolute atomic E-state index is 14.2. The summed E-state index contributed by atoms with van der Waals surface area (Å²) >= 11 is 15.9. The average Bonchev–Trinajstić information content (AvgIpc) is 2.92. The number of sulfonamides is 1. The van der Waals surface area contributed by atoms with Crippen LogP contribution < -0.4 is 14.4 Å². The van der Waals surface area contributed by atoms with Gasteiger partial charge in [0, 0.05) is 22.6 Å². The second-order valence-electron chi connectivity index (χ2n) is 9.99. The van der Waals surface area contributed by atoms with Crippen LogP contribution in [-0.2, 0) is 26.2 Å². The Morgan fingerprint density at radius 1 is 1.02 bits per heavy atom. The number of ether oxygens (including phenoxy) is 1. The van der Waals surface area contributed by atoms with Crippen molar-refractivity contribution in [3.63, 3.8) is 0 Å². The smallest absolute Gasteiger partial charge is 0.264 e. The first-order valence-corrected chi connectivity index (χ1v) is 16.2. The van der Waals surface area contributed by atoms with E-state index in [1.807, 2.05) is 20.8 Å². The number of hydrogen-bond acceptors (Lipinski definition) is 5. The van der Waals surface area contributed by atoms with Gasteiger partial charge in [0.25, 0.3) is 10.0 Å². The molecule has 0 radical (unpaired) electrons. The van der Waals surface area contributed by atoms with E-state index >= 15 is 0 Å². The highest BCUT2D eigenvalue weighted by Crippen LogP contribution is 2.31. The number of anilines is 1. The van der Waals surface area contributed by atoms with Gasteiger partial charge in [-0.1, -0.05) is 53.9 Å². The van der Waals surface area contributed by atoms with Crippen LogP contribution in [0.3, 0.4) is 0 Å². The Morgan fingerprint density at radius 3 is 2.24 bits per heavy atom. The van der Waals surface area contributed by atoms with Crippen LogP contribution in [0.1, 0.15) is 38.3 Å². The summed E-state index contributed by atoms with van der Waals surface area (Å²) in [7, 11) is -2.77. The quantitative estimate of drug-likeness (QED) is 0.230. The maximum atomic E-state index is 14.2. The van der Waals surface area contributed by atoms with Gasteiger partial charge in [0.05, 0.1) is 22.2 Å². The third kappa shape index (κ3) is 8.18. The van der Waals surface area contributed by atoms with Crippen LogP contribution in [0.5, 0.6) is 5.75 Å².